The number of carbonyl (C=O) groups excluding carboxylic acids is 1. The lowest BCUT2D eigenvalue weighted by Crippen LogP contribution is -2.57. The van der Waals surface area contributed by atoms with Crippen molar-refractivity contribution in [3.05, 3.63) is 54.1 Å². The average Bonchev–Trinajstić information content (AvgIpc) is 3.27. The second-order valence-electron chi connectivity index (χ2n) is 8.18. The number of rotatable bonds is 6. The first-order valence-corrected chi connectivity index (χ1v) is 10.8. The zero-order valence-corrected chi connectivity index (χ0v) is 17.6. The number of primary amides is 1. The summed E-state index contributed by atoms with van der Waals surface area (Å²) in [5.74, 6) is 1.57. The van der Waals surface area contributed by atoms with Gasteiger partial charge < -0.3 is 25.0 Å². The van der Waals surface area contributed by atoms with Crippen LogP contribution in [0.25, 0.3) is 0 Å². The van der Waals surface area contributed by atoms with Gasteiger partial charge in [-0.15, -0.1) is 0 Å². The van der Waals surface area contributed by atoms with Gasteiger partial charge in [-0.25, -0.2) is 4.79 Å². The fourth-order valence-electron chi connectivity index (χ4n) is 4.58. The van der Waals surface area contributed by atoms with Crippen molar-refractivity contribution < 1.29 is 14.3 Å². The molecule has 2 amide bonds. The molecule has 2 fully saturated rings. The number of urea groups is 1. The van der Waals surface area contributed by atoms with Crippen molar-refractivity contribution in [2.24, 2.45) is 5.73 Å². The number of anilines is 1. The predicted octanol–water partition coefficient (Wildman–Crippen LogP) is 3.83. The van der Waals surface area contributed by atoms with Crippen LogP contribution in [0.2, 0.25) is 0 Å². The number of nitrogens with zero attached hydrogens (tertiary/aromatic N) is 2. The van der Waals surface area contributed by atoms with Gasteiger partial charge >= 0.3 is 6.03 Å². The maximum Gasteiger partial charge on any atom is 0.315 e. The molecule has 2 N–H and O–H groups in total. The largest absolute Gasteiger partial charge is 0.493 e. The van der Waals surface area contributed by atoms with Gasteiger partial charge in [0.1, 0.15) is 0 Å². The number of methoxy groups -OCH3 is 1. The van der Waals surface area contributed by atoms with E-state index in [9.17, 15) is 4.79 Å². The minimum atomic E-state index is -0.351. The molecular formula is C24H31N3O3. The summed E-state index contributed by atoms with van der Waals surface area (Å²) in [5, 5.41) is 0. The van der Waals surface area contributed by atoms with E-state index in [1.807, 2.05) is 24.3 Å². The lowest BCUT2D eigenvalue weighted by molar-refractivity contribution is 0.174. The topological polar surface area (TPSA) is 68.0 Å². The van der Waals surface area contributed by atoms with Crippen molar-refractivity contribution in [1.82, 2.24) is 4.90 Å². The highest BCUT2D eigenvalue weighted by molar-refractivity contribution is 5.73. The number of amides is 2. The zero-order valence-electron chi connectivity index (χ0n) is 17.6. The monoisotopic (exact) mass is 409 g/mol. The van der Waals surface area contributed by atoms with Gasteiger partial charge in [-0.2, -0.15) is 0 Å². The van der Waals surface area contributed by atoms with Gasteiger partial charge in [0.2, 0.25) is 0 Å². The molecule has 6 nitrogen and oxygen atoms in total. The van der Waals surface area contributed by atoms with Crippen LogP contribution >= 0.6 is 0 Å². The van der Waals surface area contributed by atoms with Crippen LogP contribution in [0.1, 0.15) is 31.2 Å². The third-order valence-electron chi connectivity index (χ3n) is 6.19. The summed E-state index contributed by atoms with van der Waals surface area (Å²) in [6, 6.07) is 16.1. The lowest BCUT2D eigenvalue weighted by atomic mass is 10.0. The summed E-state index contributed by atoms with van der Waals surface area (Å²) in [6.45, 7) is 2.08. The molecule has 1 saturated heterocycles. The Labute approximate surface area is 178 Å². The molecular weight excluding hydrogens is 378 g/mol. The van der Waals surface area contributed by atoms with Crippen LogP contribution in [-0.4, -0.2) is 49.8 Å². The van der Waals surface area contributed by atoms with E-state index in [1.54, 1.807) is 12.0 Å². The summed E-state index contributed by atoms with van der Waals surface area (Å²) < 4.78 is 11.8. The Bertz CT molecular complexity index is 852. The molecule has 160 valence electrons. The van der Waals surface area contributed by atoms with E-state index in [1.165, 1.54) is 18.4 Å². The van der Waals surface area contributed by atoms with Crippen molar-refractivity contribution in [3.63, 3.8) is 0 Å². The van der Waals surface area contributed by atoms with Gasteiger partial charge in [-0.05, 0) is 49.8 Å². The SMILES string of the molecule is COc1ccc(N2CCN(C(N)=O)C(Cc3ccccc3)C2)cc1OC1CCCC1. The van der Waals surface area contributed by atoms with E-state index in [2.05, 4.69) is 29.2 Å². The van der Waals surface area contributed by atoms with Crippen LogP contribution in [0, 0.1) is 0 Å². The number of hydrogen-bond acceptors (Lipinski definition) is 4. The molecule has 1 atom stereocenters. The number of piperazine rings is 1. The van der Waals surface area contributed by atoms with E-state index >= 15 is 0 Å². The van der Waals surface area contributed by atoms with Gasteiger partial charge in [0.25, 0.3) is 0 Å². The van der Waals surface area contributed by atoms with Crippen molar-refractivity contribution >= 4 is 11.7 Å². The highest BCUT2D eigenvalue weighted by Crippen LogP contribution is 2.35. The van der Waals surface area contributed by atoms with Crippen LogP contribution in [0.4, 0.5) is 10.5 Å². The first kappa shape index (κ1) is 20.4. The van der Waals surface area contributed by atoms with Gasteiger partial charge in [0.15, 0.2) is 11.5 Å². The van der Waals surface area contributed by atoms with Crippen LogP contribution in [-0.2, 0) is 6.42 Å². The van der Waals surface area contributed by atoms with Crippen molar-refractivity contribution in [3.8, 4) is 11.5 Å². The molecule has 0 radical (unpaired) electrons. The minimum Gasteiger partial charge on any atom is -0.493 e. The Balaban J connectivity index is 1.53. The van der Waals surface area contributed by atoms with Crippen molar-refractivity contribution in [1.29, 1.82) is 0 Å². The van der Waals surface area contributed by atoms with Gasteiger partial charge in [-0.1, -0.05) is 30.3 Å². The molecule has 1 saturated carbocycles. The number of carbonyl (C=O) groups is 1. The summed E-state index contributed by atoms with van der Waals surface area (Å²) in [6.07, 6.45) is 5.70. The quantitative estimate of drug-likeness (QED) is 0.787. The molecule has 2 aromatic rings. The van der Waals surface area contributed by atoms with Crippen molar-refractivity contribution in [2.75, 3.05) is 31.6 Å². The fourth-order valence-corrected chi connectivity index (χ4v) is 4.58. The second-order valence-corrected chi connectivity index (χ2v) is 8.18. The highest BCUT2D eigenvalue weighted by atomic mass is 16.5. The molecule has 2 aliphatic rings. The summed E-state index contributed by atoms with van der Waals surface area (Å²) in [7, 11) is 1.68. The summed E-state index contributed by atoms with van der Waals surface area (Å²) >= 11 is 0. The number of hydrogen-bond donors (Lipinski definition) is 1. The van der Waals surface area contributed by atoms with E-state index in [4.69, 9.17) is 15.2 Å². The molecule has 1 aliphatic carbocycles. The Hall–Kier alpha value is -2.89. The van der Waals surface area contributed by atoms with Crippen LogP contribution in [0.5, 0.6) is 11.5 Å². The van der Waals surface area contributed by atoms with Gasteiger partial charge in [0.05, 0.1) is 19.3 Å². The standard InChI is InChI=1S/C24H31N3O3/c1-29-22-12-11-19(16-23(22)30-21-9-5-6-10-21)26-13-14-27(24(25)28)20(17-26)15-18-7-3-2-4-8-18/h2-4,7-8,11-12,16,20-21H,5-6,9-10,13-15,17H2,1H3,(H2,25,28). The Morgan fingerprint density at radius 3 is 2.53 bits per heavy atom. The normalized spacial score (nSPS) is 19.7. The number of nitrogens with two attached hydrogens (primary N) is 1. The molecule has 30 heavy (non-hydrogen) atoms. The average molecular weight is 410 g/mol. The molecule has 6 heteroatoms. The first-order valence-electron chi connectivity index (χ1n) is 10.8. The van der Waals surface area contributed by atoms with Gasteiger partial charge in [0, 0.05) is 31.4 Å². The van der Waals surface area contributed by atoms with Crippen LogP contribution in [0.3, 0.4) is 0 Å². The van der Waals surface area contributed by atoms with E-state index in [-0.39, 0.29) is 18.2 Å². The van der Waals surface area contributed by atoms with Crippen molar-refractivity contribution in [2.45, 2.75) is 44.2 Å². The smallest absolute Gasteiger partial charge is 0.315 e. The van der Waals surface area contributed by atoms with Crippen LogP contribution < -0.4 is 20.1 Å². The highest BCUT2D eigenvalue weighted by Gasteiger charge is 2.30. The van der Waals surface area contributed by atoms with Gasteiger partial charge in [-0.3, -0.25) is 0 Å². The third-order valence-corrected chi connectivity index (χ3v) is 6.19. The number of ether oxygens (including phenoxy) is 2. The Kier molecular flexibility index (Phi) is 6.31. The Morgan fingerprint density at radius 1 is 1.07 bits per heavy atom. The molecule has 2 aromatic carbocycles. The molecule has 1 unspecified atom stereocenters. The molecule has 4 rings (SSSR count). The second kappa shape index (κ2) is 9.28. The predicted molar refractivity (Wildman–Crippen MR) is 118 cm³/mol. The first-order chi connectivity index (χ1) is 14.6. The maximum absolute atomic E-state index is 12.0. The minimum absolute atomic E-state index is 0.0277. The molecule has 1 aliphatic heterocycles. The van der Waals surface area contributed by atoms with E-state index in [0.29, 0.717) is 6.54 Å². The summed E-state index contributed by atoms with van der Waals surface area (Å²) in [5.41, 5.74) is 7.97. The Morgan fingerprint density at radius 2 is 1.83 bits per heavy atom. The third kappa shape index (κ3) is 4.64. The maximum atomic E-state index is 12.0. The van der Waals surface area contributed by atoms with Crippen LogP contribution in [0.15, 0.2) is 48.5 Å². The molecule has 0 spiro atoms. The zero-order chi connectivity index (χ0) is 20.9. The molecule has 1 heterocycles. The lowest BCUT2D eigenvalue weighted by Gasteiger charge is -2.42. The fraction of sp³-hybridized carbons (Fsp3) is 0.458. The molecule has 0 aromatic heterocycles. The number of benzene rings is 2. The molecule has 0 bridgehead atoms. The van der Waals surface area contributed by atoms with E-state index in [0.717, 1.165) is 49.5 Å². The van der Waals surface area contributed by atoms with E-state index < -0.39 is 0 Å². The summed E-state index contributed by atoms with van der Waals surface area (Å²) in [4.78, 5) is 16.1.